The molecule has 0 spiro atoms. The van der Waals surface area contributed by atoms with Crippen molar-refractivity contribution in [2.75, 3.05) is 11.1 Å². The van der Waals surface area contributed by atoms with Crippen molar-refractivity contribution < 1.29 is 0 Å². The molecule has 0 aliphatic heterocycles. The van der Waals surface area contributed by atoms with E-state index in [-0.39, 0.29) is 0 Å². The van der Waals surface area contributed by atoms with Crippen molar-refractivity contribution in [1.29, 1.82) is 0 Å². The largest absolute Gasteiger partial charge is 0.396 e. The van der Waals surface area contributed by atoms with Gasteiger partial charge in [-0.15, -0.1) is 11.3 Å². The highest BCUT2D eigenvalue weighted by Crippen LogP contribution is 2.24. The predicted molar refractivity (Wildman–Crippen MR) is 56.3 cm³/mol. The maximum atomic E-state index is 5.72. The summed E-state index contributed by atoms with van der Waals surface area (Å²) in [4.78, 5) is 3.91. The van der Waals surface area contributed by atoms with Crippen molar-refractivity contribution in [2.45, 2.75) is 0 Å². The SMILES string of the molecule is Nc1cnccc1Nc1cccs1. The molecule has 3 nitrogen and oxygen atoms in total. The lowest BCUT2D eigenvalue weighted by Crippen LogP contribution is -1.94. The number of nitrogens with two attached hydrogens (primary N) is 1. The maximum absolute atomic E-state index is 5.72. The average molecular weight is 191 g/mol. The number of rotatable bonds is 2. The van der Waals surface area contributed by atoms with Crippen LogP contribution in [0.3, 0.4) is 0 Å². The first kappa shape index (κ1) is 8.07. The molecule has 13 heavy (non-hydrogen) atoms. The van der Waals surface area contributed by atoms with Crippen LogP contribution in [0.25, 0.3) is 0 Å². The van der Waals surface area contributed by atoms with Crippen molar-refractivity contribution in [3.05, 3.63) is 36.0 Å². The van der Waals surface area contributed by atoms with Crippen molar-refractivity contribution >= 4 is 27.7 Å². The molecule has 0 aliphatic carbocycles. The molecule has 0 atom stereocenters. The molecule has 4 heteroatoms. The van der Waals surface area contributed by atoms with Gasteiger partial charge in [-0.3, -0.25) is 4.98 Å². The zero-order valence-electron chi connectivity index (χ0n) is 6.90. The minimum atomic E-state index is 0.663. The third-order valence-electron chi connectivity index (χ3n) is 1.63. The third-order valence-corrected chi connectivity index (χ3v) is 2.42. The van der Waals surface area contributed by atoms with Crippen LogP contribution in [0.2, 0.25) is 0 Å². The summed E-state index contributed by atoms with van der Waals surface area (Å²) in [6.45, 7) is 0. The van der Waals surface area contributed by atoms with Crippen molar-refractivity contribution in [3.63, 3.8) is 0 Å². The lowest BCUT2D eigenvalue weighted by molar-refractivity contribution is 1.33. The van der Waals surface area contributed by atoms with E-state index in [2.05, 4.69) is 10.3 Å². The van der Waals surface area contributed by atoms with Crippen molar-refractivity contribution in [3.8, 4) is 0 Å². The van der Waals surface area contributed by atoms with Crippen LogP contribution in [0.15, 0.2) is 36.0 Å². The van der Waals surface area contributed by atoms with Crippen LogP contribution in [0, 0.1) is 0 Å². The van der Waals surface area contributed by atoms with Crippen LogP contribution in [-0.2, 0) is 0 Å². The van der Waals surface area contributed by atoms with Gasteiger partial charge in [-0.25, -0.2) is 0 Å². The topological polar surface area (TPSA) is 50.9 Å². The Balaban J connectivity index is 2.24. The number of anilines is 3. The van der Waals surface area contributed by atoms with Gasteiger partial charge in [0, 0.05) is 6.20 Å². The van der Waals surface area contributed by atoms with E-state index < -0.39 is 0 Å². The maximum Gasteiger partial charge on any atom is 0.0927 e. The van der Waals surface area contributed by atoms with E-state index in [0.29, 0.717) is 5.69 Å². The molecule has 2 aromatic rings. The minimum Gasteiger partial charge on any atom is -0.396 e. The average Bonchev–Trinajstić information content (AvgIpc) is 2.61. The first-order valence-electron chi connectivity index (χ1n) is 3.86. The van der Waals surface area contributed by atoms with Crippen LogP contribution in [0.4, 0.5) is 16.4 Å². The second kappa shape index (κ2) is 3.45. The molecule has 3 N–H and O–H groups in total. The molecule has 0 radical (unpaired) electrons. The molecular formula is C9H9N3S. The Morgan fingerprint density at radius 2 is 2.31 bits per heavy atom. The zero-order valence-corrected chi connectivity index (χ0v) is 7.71. The van der Waals surface area contributed by atoms with Gasteiger partial charge in [0.05, 0.1) is 22.6 Å². The van der Waals surface area contributed by atoms with Gasteiger partial charge < -0.3 is 11.1 Å². The van der Waals surface area contributed by atoms with E-state index in [9.17, 15) is 0 Å². The lowest BCUT2D eigenvalue weighted by Gasteiger charge is -2.05. The second-order valence-corrected chi connectivity index (χ2v) is 3.51. The molecule has 0 saturated heterocycles. The molecule has 0 amide bonds. The number of aromatic nitrogens is 1. The summed E-state index contributed by atoms with van der Waals surface area (Å²) in [7, 11) is 0. The monoisotopic (exact) mass is 191 g/mol. The lowest BCUT2D eigenvalue weighted by atomic mass is 10.3. The molecule has 0 aromatic carbocycles. The van der Waals surface area contributed by atoms with Crippen LogP contribution in [0.5, 0.6) is 0 Å². The Hall–Kier alpha value is -1.55. The number of nitrogen functional groups attached to an aromatic ring is 1. The van der Waals surface area contributed by atoms with Crippen LogP contribution < -0.4 is 11.1 Å². The summed E-state index contributed by atoms with van der Waals surface area (Å²) < 4.78 is 0. The molecule has 0 unspecified atom stereocenters. The van der Waals surface area contributed by atoms with E-state index >= 15 is 0 Å². The van der Waals surface area contributed by atoms with Crippen molar-refractivity contribution in [1.82, 2.24) is 4.98 Å². The first-order valence-corrected chi connectivity index (χ1v) is 4.74. The molecule has 0 aliphatic rings. The van der Waals surface area contributed by atoms with Gasteiger partial charge in [-0.05, 0) is 23.6 Å². The van der Waals surface area contributed by atoms with E-state index in [4.69, 9.17) is 5.73 Å². The van der Waals surface area contributed by atoms with E-state index in [1.54, 1.807) is 23.7 Å². The van der Waals surface area contributed by atoms with E-state index in [0.717, 1.165) is 10.7 Å². The van der Waals surface area contributed by atoms with Gasteiger partial charge in [0.15, 0.2) is 0 Å². The second-order valence-electron chi connectivity index (χ2n) is 2.57. The minimum absolute atomic E-state index is 0.663. The fourth-order valence-electron chi connectivity index (χ4n) is 1.00. The molecule has 0 bridgehead atoms. The van der Waals surface area contributed by atoms with E-state index in [1.165, 1.54) is 0 Å². The Morgan fingerprint density at radius 3 is 3.00 bits per heavy atom. The van der Waals surface area contributed by atoms with Gasteiger partial charge in [-0.2, -0.15) is 0 Å². The summed E-state index contributed by atoms with van der Waals surface area (Å²) in [5.74, 6) is 0. The van der Waals surface area contributed by atoms with Gasteiger partial charge in [0.25, 0.3) is 0 Å². The Kier molecular flexibility index (Phi) is 2.14. The number of hydrogen-bond acceptors (Lipinski definition) is 4. The number of pyridine rings is 1. The first-order chi connectivity index (χ1) is 6.36. The highest BCUT2D eigenvalue weighted by molar-refractivity contribution is 7.14. The Bertz CT molecular complexity index is 384. The van der Waals surface area contributed by atoms with Crippen LogP contribution in [0.1, 0.15) is 0 Å². The fraction of sp³-hybridized carbons (Fsp3) is 0. The van der Waals surface area contributed by atoms with Gasteiger partial charge in [0.2, 0.25) is 0 Å². The normalized spacial score (nSPS) is 9.85. The highest BCUT2D eigenvalue weighted by Gasteiger charge is 1.98. The molecule has 2 heterocycles. The smallest absolute Gasteiger partial charge is 0.0927 e. The summed E-state index contributed by atoms with van der Waals surface area (Å²) in [6.07, 6.45) is 3.35. The standard InChI is InChI=1S/C9H9N3S/c10-7-6-11-4-3-8(7)12-9-2-1-5-13-9/h1-6H,10H2,(H,11,12). The summed E-state index contributed by atoms with van der Waals surface area (Å²) in [5.41, 5.74) is 7.28. The number of nitrogens with zero attached hydrogens (tertiary/aromatic N) is 1. The molecule has 0 fully saturated rings. The molecular weight excluding hydrogens is 182 g/mol. The third kappa shape index (κ3) is 1.78. The quantitative estimate of drug-likeness (QED) is 0.766. The molecule has 2 aromatic heterocycles. The van der Waals surface area contributed by atoms with Gasteiger partial charge in [-0.1, -0.05) is 0 Å². The summed E-state index contributed by atoms with van der Waals surface area (Å²) >= 11 is 1.64. The molecule has 2 rings (SSSR count). The van der Waals surface area contributed by atoms with E-state index in [1.807, 2.05) is 23.6 Å². The Labute approximate surface area is 80.2 Å². The molecule has 66 valence electrons. The number of nitrogens with one attached hydrogen (secondary N) is 1. The number of thiophene rings is 1. The Morgan fingerprint density at radius 1 is 1.38 bits per heavy atom. The summed E-state index contributed by atoms with van der Waals surface area (Å²) in [5, 5.41) is 6.30. The number of hydrogen-bond donors (Lipinski definition) is 2. The fourth-order valence-corrected chi connectivity index (χ4v) is 1.63. The molecule has 0 saturated carbocycles. The summed E-state index contributed by atoms with van der Waals surface area (Å²) in [6, 6.07) is 5.85. The zero-order chi connectivity index (χ0) is 9.10. The highest BCUT2D eigenvalue weighted by atomic mass is 32.1. The van der Waals surface area contributed by atoms with Gasteiger partial charge >= 0.3 is 0 Å². The predicted octanol–water partition coefficient (Wildman–Crippen LogP) is 2.47. The van der Waals surface area contributed by atoms with Crippen LogP contribution in [-0.4, -0.2) is 4.98 Å². The van der Waals surface area contributed by atoms with Gasteiger partial charge in [0.1, 0.15) is 0 Å². The van der Waals surface area contributed by atoms with Crippen molar-refractivity contribution in [2.24, 2.45) is 0 Å². The van der Waals surface area contributed by atoms with Crippen LogP contribution >= 0.6 is 11.3 Å².